The molecule has 0 radical (unpaired) electrons. The van der Waals surface area contributed by atoms with Gasteiger partial charge >= 0.3 is 0 Å². The number of hydrogen-bond donors (Lipinski definition) is 1. The maximum absolute atomic E-state index is 11.8. The molecule has 0 spiro atoms. The normalized spacial score (nSPS) is 19.5. The van der Waals surface area contributed by atoms with E-state index in [9.17, 15) is 5.11 Å². The lowest BCUT2D eigenvalue weighted by Gasteiger charge is -2.34. The summed E-state index contributed by atoms with van der Waals surface area (Å²) in [6.45, 7) is 9.48. The van der Waals surface area contributed by atoms with Gasteiger partial charge in [0.05, 0.1) is 20.2 Å². The van der Waals surface area contributed by atoms with E-state index >= 15 is 0 Å². The van der Waals surface area contributed by atoms with Crippen molar-refractivity contribution in [3.63, 3.8) is 0 Å². The van der Waals surface area contributed by atoms with Crippen LogP contribution in [0.4, 0.5) is 0 Å². The number of fused-ring (bicyclic) bond motifs is 1. The second kappa shape index (κ2) is 15.7. The quantitative estimate of drug-likeness (QED) is 0.259. The van der Waals surface area contributed by atoms with Gasteiger partial charge in [-0.2, -0.15) is 0 Å². The van der Waals surface area contributed by atoms with Gasteiger partial charge in [0.2, 0.25) is 5.72 Å². The van der Waals surface area contributed by atoms with Crippen LogP contribution in [0.5, 0.6) is 5.75 Å². The number of amidine groups is 1. The Kier molecular flexibility index (Phi) is 13.4. The second-order valence-electron chi connectivity index (χ2n) is 10.8. The summed E-state index contributed by atoms with van der Waals surface area (Å²) >= 11 is 0. The Bertz CT molecular complexity index is 849. The topological polar surface area (TPSA) is 35.7 Å². The Hall–Kier alpha value is -1.52. The minimum absolute atomic E-state index is 0. The lowest BCUT2D eigenvalue weighted by molar-refractivity contribution is -0.554. The van der Waals surface area contributed by atoms with Gasteiger partial charge in [-0.25, -0.2) is 4.90 Å². The number of nitrogens with zero attached hydrogens (tertiary/aromatic N) is 2. The van der Waals surface area contributed by atoms with Gasteiger partial charge < -0.3 is 22.3 Å². The molecule has 0 aromatic heterocycles. The molecule has 2 heterocycles. The van der Waals surface area contributed by atoms with Crippen molar-refractivity contribution in [1.82, 2.24) is 4.90 Å². The highest BCUT2D eigenvalue weighted by molar-refractivity contribution is 5.98. The van der Waals surface area contributed by atoms with Crippen LogP contribution in [0.25, 0.3) is 0 Å². The van der Waals surface area contributed by atoms with Crippen molar-refractivity contribution in [2.75, 3.05) is 20.2 Å². The van der Waals surface area contributed by atoms with Crippen molar-refractivity contribution in [3.8, 4) is 5.75 Å². The average Bonchev–Trinajstić information content (AvgIpc) is 3.07. The first-order valence-electron chi connectivity index (χ1n) is 14.4. The SMILES string of the molecule is CCCCCCCCCCCCCCC1(O)C(C)=C(C)C2=[N+](Cc3ccc(OC)cc3)CCCN21.[Cl-]. The summed E-state index contributed by atoms with van der Waals surface area (Å²) in [4.78, 5) is 2.31. The van der Waals surface area contributed by atoms with E-state index in [0.29, 0.717) is 0 Å². The number of ether oxygens (including phenoxy) is 1. The molecule has 2 aliphatic rings. The molecule has 1 aromatic carbocycles. The molecule has 1 N–H and O–H groups in total. The van der Waals surface area contributed by atoms with Crippen LogP contribution >= 0.6 is 0 Å². The van der Waals surface area contributed by atoms with E-state index in [4.69, 9.17) is 4.74 Å². The van der Waals surface area contributed by atoms with Crippen molar-refractivity contribution in [1.29, 1.82) is 0 Å². The van der Waals surface area contributed by atoms with Crippen molar-refractivity contribution in [2.45, 2.75) is 123 Å². The second-order valence-corrected chi connectivity index (χ2v) is 10.8. The number of methoxy groups -OCH3 is 1. The maximum Gasteiger partial charge on any atom is 0.277 e. The third kappa shape index (κ3) is 7.99. The molecule has 36 heavy (non-hydrogen) atoms. The molecule has 0 saturated carbocycles. The number of benzene rings is 1. The van der Waals surface area contributed by atoms with E-state index in [0.717, 1.165) is 50.2 Å². The Morgan fingerprint density at radius 1 is 0.889 bits per heavy atom. The molecule has 3 rings (SSSR count). The fourth-order valence-electron chi connectivity index (χ4n) is 5.91. The molecule has 1 atom stereocenters. The zero-order valence-corrected chi connectivity index (χ0v) is 24.2. The first kappa shape index (κ1) is 30.7. The van der Waals surface area contributed by atoms with Crippen molar-refractivity contribution in [2.24, 2.45) is 0 Å². The summed E-state index contributed by atoms with van der Waals surface area (Å²) in [6, 6.07) is 8.37. The van der Waals surface area contributed by atoms with Gasteiger partial charge in [0.1, 0.15) is 12.3 Å². The predicted molar refractivity (Wildman–Crippen MR) is 147 cm³/mol. The minimum atomic E-state index is -0.809. The Morgan fingerprint density at radius 3 is 2.00 bits per heavy atom. The number of halogens is 1. The van der Waals surface area contributed by atoms with Gasteiger partial charge in [-0.15, -0.1) is 0 Å². The summed E-state index contributed by atoms with van der Waals surface area (Å²) in [5.74, 6) is 2.14. The molecular weight excluding hydrogens is 468 g/mol. The highest BCUT2D eigenvalue weighted by Crippen LogP contribution is 2.39. The van der Waals surface area contributed by atoms with Crippen LogP contribution in [-0.2, 0) is 6.54 Å². The molecular formula is C31H51ClN2O2. The fraction of sp³-hybridized carbons (Fsp3) is 0.710. The summed E-state index contributed by atoms with van der Waals surface area (Å²) in [5, 5.41) is 11.8. The highest BCUT2D eigenvalue weighted by atomic mass is 35.5. The van der Waals surface area contributed by atoms with E-state index in [2.05, 4.69) is 42.4 Å². The van der Waals surface area contributed by atoms with E-state index in [1.165, 1.54) is 87.6 Å². The minimum Gasteiger partial charge on any atom is -1.00 e. The van der Waals surface area contributed by atoms with Gasteiger partial charge in [0.25, 0.3) is 5.84 Å². The lowest BCUT2D eigenvalue weighted by atomic mass is 9.96. The van der Waals surface area contributed by atoms with Crippen LogP contribution in [0.2, 0.25) is 0 Å². The standard InChI is InChI=1S/C31H51N2O2.ClH/c1-5-6-7-8-9-10-11-12-13-14-15-16-22-31(34)27(3)26(2)30-32(23-17-24-33(30)31)25-28-18-20-29(35-4)21-19-28;/h18-21,34H,5-17,22-25H2,1-4H3;1H/q+1;/p-1. The van der Waals surface area contributed by atoms with Crippen LogP contribution in [0.15, 0.2) is 35.4 Å². The van der Waals surface area contributed by atoms with E-state index < -0.39 is 5.72 Å². The van der Waals surface area contributed by atoms with Crippen molar-refractivity contribution < 1.29 is 26.8 Å². The van der Waals surface area contributed by atoms with E-state index in [1.54, 1.807) is 7.11 Å². The molecule has 4 nitrogen and oxygen atoms in total. The summed E-state index contributed by atoms with van der Waals surface area (Å²) < 4.78 is 7.78. The van der Waals surface area contributed by atoms with Crippen molar-refractivity contribution in [3.05, 3.63) is 41.0 Å². The highest BCUT2D eigenvalue weighted by Gasteiger charge is 2.53. The molecule has 2 aliphatic heterocycles. The van der Waals surface area contributed by atoms with Crippen LogP contribution < -0.4 is 17.1 Å². The first-order valence-corrected chi connectivity index (χ1v) is 14.4. The van der Waals surface area contributed by atoms with Gasteiger partial charge in [0, 0.05) is 24.0 Å². The van der Waals surface area contributed by atoms with Gasteiger partial charge in [-0.1, -0.05) is 89.7 Å². The third-order valence-corrected chi connectivity index (χ3v) is 8.22. The first-order chi connectivity index (χ1) is 17.0. The zero-order chi connectivity index (χ0) is 25.1. The largest absolute Gasteiger partial charge is 1.00 e. The molecule has 204 valence electrons. The van der Waals surface area contributed by atoms with E-state index in [-0.39, 0.29) is 12.4 Å². The average molecular weight is 519 g/mol. The fourth-order valence-corrected chi connectivity index (χ4v) is 5.91. The summed E-state index contributed by atoms with van der Waals surface area (Å²) in [6.07, 6.45) is 18.1. The molecule has 0 saturated heterocycles. The molecule has 0 aliphatic carbocycles. The van der Waals surface area contributed by atoms with E-state index in [1.807, 2.05) is 12.1 Å². The van der Waals surface area contributed by atoms with Gasteiger partial charge in [-0.05, 0) is 38.0 Å². The number of unbranched alkanes of at least 4 members (excludes halogenated alkanes) is 11. The molecule has 0 bridgehead atoms. The number of hydrogen-bond acceptors (Lipinski definition) is 3. The monoisotopic (exact) mass is 518 g/mol. The summed E-state index contributed by atoms with van der Waals surface area (Å²) in [5.41, 5.74) is 2.88. The predicted octanol–water partition coefficient (Wildman–Crippen LogP) is 4.45. The molecule has 5 heteroatoms. The van der Waals surface area contributed by atoms with Crippen LogP contribution in [-0.4, -0.2) is 46.3 Å². The Labute approximate surface area is 227 Å². The maximum atomic E-state index is 11.8. The smallest absolute Gasteiger partial charge is 0.277 e. The Balaban J connectivity index is 0.00000456. The van der Waals surface area contributed by atoms with Crippen LogP contribution in [0.3, 0.4) is 0 Å². The van der Waals surface area contributed by atoms with Gasteiger partial charge in [0.15, 0.2) is 0 Å². The molecule has 0 fully saturated rings. The zero-order valence-electron chi connectivity index (χ0n) is 23.5. The third-order valence-electron chi connectivity index (χ3n) is 8.22. The molecule has 1 unspecified atom stereocenters. The number of rotatable bonds is 16. The lowest BCUT2D eigenvalue weighted by Crippen LogP contribution is -3.00. The van der Waals surface area contributed by atoms with Crippen molar-refractivity contribution >= 4 is 5.84 Å². The molecule has 0 amide bonds. The summed E-state index contributed by atoms with van der Waals surface area (Å²) in [7, 11) is 1.71. The van der Waals surface area contributed by atoms with Crippen LogP contribution in [0.1, 0.15) is 116 Å². The Morgan fingerprint density at radius 2 is 1.44 bits per heavy atom. The van der Waals surface area contributed by atoms with Crippen LogP contribution in [0, 0.1) is 0 Å². The number of aliphatic hydroxyl groups is 1. The molecule has 1 aromatic rings. The van der Waals surface area contributed by atoms with Gasteiger partial charge in [-0.3, -0.25) is 4.58 Å².